The Balaban J connectivity index is 2.36. The summed E-state index contributed by atoms with van der Waals surface area (Å²) in [5, 5.41) is 8.53. The molecular weight excluding hydrogens is 114 g/mol. The molecule has 1 saturated carbocycles. The fraction of sp³-hybridized carbons (Fsp3) is 0.857. The molecule has 0 heterocycles. The highest BCUT2D eigenvalue weighted by Gasteiger charge is 2.45. The Morgan fingerprint density at radius 3 is 2.22 bits per heavy atom. The van der Waals surface area contributed by atoms with Crippen LogP contribution >= 0.6 is 0 Å². The zero-order chi connectivity index (χ0) is 6.91. The molecule has 0 aromatic carbocycles. The predicted molar refractivity (Wildman–Crippen MR) is 33.8 cm³/mol. The lowest BCUT2D eigenvalue weighted by Crippen LogP contribution is -2.16. The number of nitriles is 1. The summed E-state index contributed by atoms with van der Waals surface area (Å²) in [4.78, 5) is 0. The van der Waals surface area contributed by atoms with Crippen molar-refractivity contribution in [2.24, 2.45) is 0 Å². The van der Waals surface area contributed by atoms with Crippen LogP contribution < -0.4 is 0 Å². The van der Waals surface area contributed by atoms with E-state index in [0.717, 1.165) is 12.8 Å². The Hall–Kier alpha value is -0.550. The molecule has 1 rings (SSSR count). The Kier molecular flexibility index (Phi) is 1.46. The molecule has 1 aliphatic rings. The average Bonchev–Trinajstić information content (AvgIpc) is 2.48. The summed E-state index contributed by atoms with van der Waals surface area (Å²) in [5.41, 5.74) is -0.381. The van der Waals surface area contributed by atoms with E-state index in [1.807, 2.05) is 13.8 Å². The van der Waals surface area contributed by atoms with Gasteiger partial charge in [0.05, 0.1) is 12.2 Å². The molecule has 0 amide bonds. The lowest BCUT2D eigenvalue weighted by Gasteiger charge is -2.10. The first-order valence-corrected chi connectivity index (χ1v) is 3.28. The molecule has 0 radical (unpaired) electrons. The van der Waals surface area contributed by atoms with E-state index in [4.69, 9.17) is 10.00 Å². The Labute approximate surface area is 55.4 Å². The largest absolute Gasteiger partial charge is 0.357 e. The van der Waals surface area contributed by atoms with Crippen molar-refractivity contribution in [2.45, 2.75) is 38.4 Å². The van der Waals surface area contributed by atoms with E-state index >= 15 is 0 Å². The molecular formula is C7H11NO. The molecule has 0 bridgehead atoms. The number of hydrogen-bond acceptors (Lipinski definition) is 2. The van der Waals surface area contributed by atoms with Crippen LogP contribution in [0.2, 0.25) is 0 Å². The molecule has 0 N–H and O–H groups in total. The van der Waals surface area contributed by atoms with Gasteiger partial charge in [-0.05, 0) is 26.7 Å². The minimum absolute atomic E-state index is 0.187. The van der Waals surface area contributed by atoms with Gasteiger partial charge in [-0.15, -0.1) is 0 Å². The van der Waals surface area contributed by atoms with Gasteiger partial charge in [0, 0.05) is 0 Å². The monoisotopic (exact) mass is 125 g/mol. The summed E-state index contributed by atoms with van der Waals surface area (Å²) in [6.45, 7) is 3.91. The van der Waals surface area contributed by atoms with Gasteiger partial charge >= 0.3 is 0 Å². The van der Waals surface area contributed by atoms with Gasteiger partial charge in [-0.1, -0.05) is 0 Å². The summed E-state index contributed by atoms with van der Waals surface area (Å²) in [6, 6.07) is 2.16. The van der Waals surface area contributed by atoms with Crippen LogP contribution in [0.25, 0.3) is 0 Å². The van der Waals surface area contributed by atoms with E-state index in [2.05, 4.69) is 6.07 Å². The van der Waals surface area contributed by atoms with Gasteiger partial charge in [0.2, 0.25) is 0 Å². The van der Waals surface area contributed by atoms with E-state index in [0.29, 0.717) is 0 Å². The molecule has 1 aliphatic carbocycles. The van der Waals surface area contributed by atoms with Crippen LogP contribution in [0.1, 0.15) is 26.7 Å². The van der Waals surface area contributed by atoms with Crippen LogP contribution in [0.5, 0.6) is 0 Å². The highest BCUT2D eigenvalue weighted by molar-refractivity contribution is 5.13. The van der Waals surface area contributed by atoms with Gasteiger partial charge in [0.15, 0.2) is 5.60 Å². The minimum Gasteiger partial charge on any atom is -0.357 e. The lowest BCUT2D eigenvalue weighted by atomic mass is 10.3. The van der Waals surface area contributed by atoms with Crippen molar-refractivity contribution in [3.8, 4) is 6.07 Å². The molecule has 0 aromatic rings. The maximum absolute atomic E-state index is 8.53. The first kappa shape index (κ1) is 6.57. The Morgan fingerprint density at radius 2 is 2.11 bits per heavy atom. The normalized spacial score (nSPS) is 21.6. The van der Waals surface area contributed by atoms with Crippen LogP contribution in [0.4, 0.5) is 0 Å². The maximum Gasteiger partial charge on any atom is 0.154 e. The third kappa shape index (κ3) is 1.43. The molecule has 9 heavy (non-hydrogen) atoms. The summed E-state index contributed by atoms with van der Waals surface area (Å²) in [6.07, 6.45) is 2.02. The van der Waals surface area contributed by atoms with Gasteiger partial charge in [-0.25, -0.2) is 0 Å². The second-order valence-corrected chi connectivity index (χ2v) is 2.77. The van der Waals surface area contributed by atoms with Gasteiger partial charge in [-0.2, -0.15) is 5.26 Å². The summed E-state index contributed by atoms with van der Waals surface area (Å²) < 4.78 is 5.34. The van der Waals surface area contributed by atoms with Crippen molar-refractivity contribution in [1.82, 2.24) is 0 Å². The molecule has 2 heteroatoms. The van der Waals surface area contributed by atoms with Gasteiger partial charge in [0.25, 0.3) is 0 Å². The van der Waals surface area contributed by atoms with Crippen LogP contribution in [-0.2, 0) is 4.74 Å². The van der Waals surface area contributed by atoms with E-state index < -0.39 is 0 Å². The van der Waals surface area contributed by atoms with Crippen molar-refractivity contribution in [2.75, 3.05) is 0 Å². The molecule has 0 atom stereocenters. The molecule has 0 aromatic heterocycles. The maximum atomic E-state index is 8.53. The number of ether oxygens (including phenoxy) is 1. The van der Waals surface area contributed by atoms with Gasteiger partial charge in [0.1, 0.15) is 0 Å². The highest BCUT2D eigenvalue weighted by Crippen LogP contribution is 2.39. The Bertz CT molecular complexity index is 141. The number of nitrogens with zero attached hydrogens (tertiary/aromatic N) is 1. The highest BCUT2D eigenvalue weighted by atomic mass is 16.5. The van der Waals surface area contributed by atoms with Crippen LogP contribution in [0.3, 0.4) is 0 Å². The van der Waals surface area contributed by atoms with Gasteiger partial charge in [-0.3, -0.25) is 0 Å². The van der Waals surface area contributed by atoms with Crippen molar-refractivity contribution < 1.29 is 4.74 Å². The second-order valence-electron chi connectivity index (χ2n) is 2.77. The third-order valence-corrected chi connectivity index (χ3v) is 1.37. The fourth-order valence-corrected chi connectivity index (χ4v) is 0.821. The topological polar surface area (TPSA) is 33.0 Å². The van der Waals surface area contributed by atoms with Gasteiger partial charge < -0.3 is 4.74 Å². The fourth-order valence-electron chi connectivity index (χ4n) is 0.821. The van der Waals surface area contributed by atoms with E-state index in [9.17, 15) is 0 Å². The van der Waals surface area contributed by atoms with Crippen molar-refractivity contribution >= 4 is 0 Å². The van der Waals surface area contributed by atoms with Crippen molar-refractivity contribution in [3.63, 3.8) is 0 Å². The second kappa shape index (κ2) is 2.00. The van der Waals surface area contributed by atoms with E-state index in [1.165, 1.54) is 0 Å². The smallest absolute Gasteiger partial charge is 0.154 e. The summed E-state index contributed by atoms with van der Waals surface area (Å²) in [7, 11) is 0. The first-order chi connectivity index (χ1) is 4.18. The molecule has 0 saturated heterocycles. The molecule has 0 unspecified atom stereocenters. The SMILES string of the molecule is CC(C)OC1(C#N)CC1. The molecule has 0 spiro atoms. The van der Waals surface area contributed by atoms with Crippen molar-refractivity contribution in [1.29, 1.82) is 5.26 Å². The molecule has 50 valence electrons. The lowest BCUT2D eigenvalue weighted by molar-refractivity contribution is 0.0233. The average molecular weight is 125 g/mol. The number of hydrogen-bond donors (Lipinski definition) is 0. The summed E-state index contributed by atoms with van der Waals surface area (Å²) in [5.74, 6) is 0. The molecule has 2 nitrogen and oxygen atoms in total. The van der Waals surface area contributed by atoms with Crippen molar-refractivity contribution in [3.05, 3.63) is 0 Å². The minimum atomic E-state index is -0.381. The first-order valence-electron chi connectivity index (χ1n) is 3.28. The predicted octanol–water partition coefficient (Wildman–Crippen LogP) is 1.47. The van der Waals surface area contributed by atoms with Crippen LogP contribution in [0.15, 0.2) is 0 Å². The third-order valence-electron chi connectivity index (χ3n) is 1.37. The zero-order valence-electron chi connectivity index (χ0n) is 5.85. The molecule has 0 aliphatic heterocycles. The van der Waals surface area contributed by atoms with Crippen LogP contribution in [0, 0.1) is 11.3 Å². The summed E-state index contributed by atoms with van der Waals surface area (Å²) >= 11 is 0. The van der Waals surface area contributed by atoms with E-state index in [1.54, 1.807) is 0 Å². The zero-order valence-corrected chi connectivity index (χ0v) is 5.85. The molecule has 1 fully saturated rings. The quantitative estimate of drug-likeness (QED) is 0.559. The standard InChI is InChI=1S/C7H11NO/c1-6(2)9-7(5-8)3-4-7/h6H,3-4H2,1-2H3. The van der Waals surface area contributed by atoms with Crippen LogP contribution in [-0.4, -0.2) is 11.7 Å². The number of rotatable bonds is 2. The van der Waals surface area contributed by atoms with E-state index in [-0.39, 0.29) is 11.7 Å². The Morgan fingerprint density at radius 1 is 1.56 bits per heavy atom.